The van der Waals surface area contributed by atoms with Crippen LogP contribution in [0.3, 0.4) is 0 Å². The predicted molar refractivity (Wildman–Crippen MR) is 84.5 cm³/mol. The van der Waals surface area contributed by atoms with Crippen LogP contribution in [0.4, 0.5) is 0 Å². The lowest BCUT2D eigenvalue weighted by molar-refractivity contribution is 0.535. The molecule has 1 aromatic heterocycles. The normalized spacial score (nSPS) is 22.4. The number of nitrogens with zero attached hydrogens (tertiary/aromatic N) is 2. The van der Waals surface area contributed by atoms with Gasteiger partial charge in [0.1, 0.15) is 11.3 Å². The van der Waals surface area contributed by atoms with Crippen molar-refractivity contribution >= 4 is 32.5 Å². The maximum absolute atomic E-state index is 12.0. The van der Waals surface area contributed by atoms with Gasteiger partial charge in [-0.25, -0.2) is 13.4 Å². The summed E-state index contributed by atoms with van der Waals surface area (Å²) in [6.07, 6.45) is 2.27. The number of halogens is 1. The van der Waals surface area contributed by atoms with Gasteiger partial charge < -0.3 is 4.57 Å². The molecule has 1 fully saturated rings. The van der Waals surface area contributed by atoms with E-state index < -0.39 is 9.84 Å². The van der Waals surface area contributed by atoms with E-state index in [1.54, 1.807) is 12.1 Å². The number of imidazole rings is 1. The van der Waals surface area contributed by atoms with Crippen LogP contribution in [-0.2, 0) is 9.84 Å². The molecule has 6 heteroatoms. The molecule has 2 aromatic rings. The second-order valence-electron chi connectivity index (χ2n) is 6.56. The predicted octanol–water partition coefficient (Wildman–Crippen LogP) is 3.71. The van der Waals surface area contributed by atoms with Crippen LogP contribution in [0.15, 0.2) is 23.1 Å². The van der Waals surface area contributed by atoms with Crippen molar-refractivity contribution in [2.45, 2.75) is 43.5 Å². The molecule has 114 valence electrons. The smallest absolute Gasteiger partial charge is 0.177 e. The van der Waals surface area contributed by atoms with Gasteiger partial charge in [0.15, 0.2) is 9.84 Å². The van der Waals surface area contributed by atoms with Crippen LogP contribution in [-0.4, -0.2) is 24.2 Å². The minimum absolute atomic E-state index is 0.204. The highest BCUT2D eigenvalue weighted by molar-refractivity contribution is 7.91. The lowest BCUT2D eigenvalue weighted by Gasteiger charge is -2.12. The van der Waals surface area contributed by atoms with Gasteiger partial charge in [0.2, 0.25) is 0 Å². The Bertz CT molecular complexity index is 822. The van der Waals surface area contributed by atoms with Gasteiger partial charge in [-0.1, -0.05) is 19.9 Å². The molecule has 2 unspecified atom stereocenters. The molecule has 1 aliphatic rings. The van der Waals surface area contributed by atoms with Crippen LogP contribution in [0, 0.1) is 5.41 Å². The molecule has 0 aliphatic heterocycles. The second kappa shape index (κ2) is 4.46. The Morgan fingerprint density at radius 3 is 2.52 bits per heavy atom. The molecule has 0 radical (unpaired) electrons. The van der Waals surface area contributed by atoms with Crippen molar-refractivity contribution in [3.63, 3.8) is 0 Å². The summed E-state index contributed by atoms with van der Waals surface area (Å²) in [6, 6.07) is 5.63. The lowest BCUT2D eigenvalue weighted by Crippen LogP contribution is -2.06. The topological polar surface area (TPSA) is 52.0 Å². The third kappa shape index (κ3) is 2.36. The number of hydrogen-bond donors (Lipinski definition) is 0. The zero-order valence-corrected chi connectivity index (χ0v) is 14.2. The van der Waals surface area contributed by atoms with Crippen LogP contribution in [0.2, 0.25) is 0 Å². The van der Waals surface area contributed by atoms with Gasteiger partial charge in [0, 0.05) is 12.3 Å². The van der Waals surface area contributed by atoms with E-state index in [1.165, 1.54) is 6.26 Å². The van der Waals surface area contributed by atoms with Crippen molar-refractivity contribution < 1.29 is 8.42 Å². The maximum atomic E-state index is 12.0. The van der Waals surface area contributed by atoms with Gasteiger partial charge >= 0.3 is 0 Å². The second-order valence-corrected chi connectivity index (χ2v) is 9.20. The first-order valence-corrected chi connectivity index (χ1v) is 9.30. The van der Waals surface area contributed by atoms with Gasteiger partial charge in [0.25, 0.3) is 0 Å². The van der Waals surface area contributed by atoms with Gasteiger partial charge in [-0.05, 0) is 30.9 Å². The number of hydrogen-bond acceptors (Lipinski definition) is 3. The first-order valence-electron chi connectivity index (χ1n) is 6.98. The summed E-state index contributed by atoms with van der Waals surface area (Å²) in [5.41, 5.74) is 1.59. The molecule has 3 rings (SSSR count). The van der Waals surface area contributed by atoms with E-state index >= 15 is 0 Å². The summed E-state index contributed by atoms with van der Waals surface area (Å²) >= 11 is 6.28. The van der Waals surface area contributed by atoms with E-state index in [1.807, 2.05) is 13.0 Å². The van der Waals surface area contributed by atoms with Crippen LogP contribution < -0.4 is 0 Å². The molecule has 1 aromatic carbocycles. The molecule has 4 nitrogen and oxygen atoms in total. The Kier molecular flexibility index (Phi) is 3.16. The average molecular weight is 327 g/mol. The molecular formula is C15H19ClN2O2S. The number of fused-ring (bicyclic) bond motifs is 1. The van der Waals surface area contributed by atoms with Crippen molar-refractivity contribution in [3.8, 4) is 0 Å². The molecule has 0 N–H and O–H groups in total. The first kappa shape index (κ1) is 14.9. The van der Waals surface area contributed by atoms with Gasteiger partial charge in [-0.3, -0.25) is 0 Å². The number of sulfone groups is 1. The number of aromatic nitrogens is 2. The van der Waals surface area contributed by atoms with Crippen LogP contribution >= 0.6 is 11.6 Å². The summed E-state index contributed by atoms with van der Waals surface area (Å²) in [6.45, 7) is 6.27. The van der Waals surface area contributed by atoms with Crippen LogP contribution in [0.5, 0.6) is 0 Å². The third-order valence-corrected chi connectivity index (χ3v) is 5.56. The van der Waals surface area contributed by atoms with Gasteiger partial charge in [-0.15, -0.1) is 11.6 Å². The summed E-state index contributed by atoms with van der Waals surface area (Å²) in [5.74, 6) is 0.748. The molecule has 1 saturated carbocycles. The number of alkyl halides is 1. The molecule has 2 atom stereocenters. The SMILES string of the molecule is CC(Cl)c1nc2c(S(C)(=O)=O)cccc2n1C1CC1(C)C. The largest absolute Gasteiger partial charge is 0.323 e. The van der Waals surface area contributed by atoms with Crippen molar-refractivity contribution in [1.29, 1.82) is 0 Å². The Balaban J connectivity index is 2.34. The fourth-order valence-electron chi connectivity index (χ4n) is 2.90. The van der Waals surface area contributed by atoms with Crippen LogP contribution in [0.25, 0.3) is 11.0 Å². The Hall–Kier alpha value is -1.07. The summed E-state index contributed by atoms with van der Waals surface area (Å²) in [4.78, 5) is 4.83. The summed E-state index contributed by atoms with van der Waals surface area (Å²) < 4.78 is 26.1. The minimum Gasteiger partial charge on any atom is -0.323 e. The minimum atomic E-state index is -3.31. The molecule has 0 saturated heterocycles. The molecular weight excluding hydrogens is 308 g/mol. The van der Waals surface area contributed by atoms with Crippen molar-refractivity contribution in [2.24, 2.45) is 5.41 Å². The quantitative estimate of drug-likeness (QED) is 0.808. The van der Waals surface area contributed by atoms with Crippen LogP contribution in [0.1, 0.15) is 44.4 Å². The average Bonchev–Trinajstić information content (AvgIpc) is 2.83. The zero-order chi connectivity index (χ0) is 15.6. The monoisotopic (exact) mass is 326 g/mol. The third-order valence-electron chi connectivity index (χ3n) is 4.24. The number of rotatable bonds is 3. The van der Waals surface area contributed by atoms with E-state index in [9.17, 15) is 8.42 Å². The first-order chi connectivity index (χ1) is 9.63. The maximum Gasteiger partial charge on any atom is 0.177 e. The van der Waals surface area contributed by atoms with Gasteiger partial charge in [-0.2, -0.15) is 0 Å². The van der Waals surface area contributed by atoms with Gasteiger partial charge in [0.05, 0.1) is 15.8 Å². The standard InChI is InChI=1S/C15H19ClN2O2S/c1-9(16)14-17-13-10(18(14)12-8-15(12,2)3)6-5-7-11(13)21(4,19)20/h5-7,9,12H,8H2,1-4H3. The fourth-order valence-corrected chi connectivity index (χ4v) is 3.88. The fraction of sp³-hybridized carbons (Fsp3) is 0.533. The Morgan fingerprint density at radius 2 is 2.05 bits per heavy atom. The van der Waals surface area contributed by atoms with E-state index in [4.69, 9.17) is 11.6 Å². The number of benzene rings is 1. The van der Waals surface area contributed by atoms with Crippen molar-refractivity contribution in [2.75, 3.05) is 6.26 Å². The lowest BCUT2D eigenvalue weighted by atomic mass is 10.2. The Labute approximate surface area is 130 Å². The van der Waals surface area contributed by atoms with Crippen molar-refractivity contribution in [1.82, 2.24) is 9.55 Å². The highest BCUT2D eigenvalue weighted by atomic mass is 35.5. The molecule has 1 aliphatic carbocycles. The van der Waals surface area contributed by atoms with Crippen molar-refractivity contribution in [3.05, 3.63) is 24.0 Å². The highest BCUT2D eigenvalue weighted by Gasteiger charge is 2.48. The summed E-state index contributed by atoms with van der Waals surface area (Å²) in [7, 11) is -3.31. The van der Waals surface area contributed by atoms with E-state index in [2.05, 4.69) is 23.4 Å². The molecule has 0 spiro atoms. The summed E-state index contributed by atoms with van der Waals surface area (Å²) in [5, 5.41) is -0.263. The number of para-hydroxylation sites is 1. The van der Waals surface area contributed by atoms with E-state index in [0.717, 1.165) is 17.8 Å². The molecule has 0 amide bonds. The zero-order valence-electron chi connectivity index (χ0n) is 12.6. The molecule has 0 bridgehead atoms. The molecule has 21 heavy (non-hydrogen) atoms. The molecule has 1 heterocycles. The Morgan fingerprint density at radius 1 is 1.43 bits per heavy atom. The highest BCUT2D eigenvalue weighted by Crippen LogP contribution is 2.57. The van der Waals surface area contributed by atoms with E-state index in [0.29, 0.717) is 11.6 Å². The van der Waals surface area contributed by atoms with E-state index in [-0.39, 0.29) is 15.7 Å².